The number of pyridine rings is 1. The Morgan fingerprint density at radius 2 is 1.76 bits per heavy atom. The van der Waals surface area contributed by atoms with Crippen LogP contribution in [0.3, 0.4) is 0 Å². The van der Waals surface area contributed by atoms with Crippen molar-refractivity contribution in [3.63, 3.8) is 0 Å². The van der Waals surface area contributed by atoms with Gasteiger partial charge in [-0.25, -0.2) is 15.0 Å². The summed E-state index contributed by atoms with van der Waals surface area (Å²) in [4.78, 5) is 16.9. The first kappa shape index (κ1) is 22.1. The summed E-state index contributed by atoms with van der Waals surface area (Å²) < 4.78 is 13.1. The number of nitrogens with one attached hydrogen (secondary N) is 1. The van der Waals surface area contributed by atoms with Crippen LogP contribution in [-0.4, -0.2) is 33.5 Å². The van der Waals surface area contributed by atoms with Crippen molar-refractivity contribution in [2.24, 2.45) is 9.98 Å². The predicted octanol–water partition coefficient (Wildman–Crippen LogP) is 5.97. The van der Waals surface area contributed by atoms with Crippen molar-refractivity contribution in [1.29, 1.82) is 0 Å². The highest BCUT2D eigenvalue weighted by molar-refractivity contribution is 6.51. The van der Waals surface area contributed by atoms with E-state index in [4.69, 9.17) is 24.2 Å². The number of hydrogen-bond donors (Lipinski definition) is 1. The van der Waals surface area contributed by atoms with Gasteiger partial charge in [-0.1, -0.05) is 18.2 Å². The van der Waals surface area contributed by atoms with E-state index in [0.717, 1.165) is 39.8 Å². The molecule has 0 radical (unpaired) electrons. The fourth-order valence-corrected chi connectivity index (χ4v) is 4.96. The van der Waals surface area contributed by atoms with Crippen molar-refractivity contribution in [2.45, 2.75) is 13.0 Å². The van der Waals surface area contributed by atoms with E-state index in [2.05, 4.69) is 21.3 Å². The van der Waals surface area contributed by atoms with Crippen LogP contribution in [0.25, 0.3) is 5.82 Å². The Kier molecular flexibility index (Phi) is 5.07. The van der Waals surface area contributed by atoms with E-state index in [1.54, 1.807) is 24.3 Å². The highest BCUT2D eigenvalue weighted by Crippen LogP contribution is 2.48. The van der Waals surface area contributed by atoms with Crippen LogP contribution in [0.1, 0.15) is 23.1 Å². The predicted molar refractivity (Wildman–Crippen MR) is 146 cm³/mol. The zero-order chi connectivity index (χ0) is 25.6. The van der Waals surface area contributed by atoms with E-state index in [0.29, 0.717) is 23.3 Å². The molecule has 0 saturated heterocycles. The molecule has 186 valence electrons. The van der Waals surface area contributed by atoms with Crippen LogP contribution in [-0.2, 0) is 0 Å². The lowest BCUT2D eigenvalue weighted by Gasteiger charge is -2.39. The number of nitrogens with zero attached hydrogens (tertiary/aromatic N) is 6. The summed E-state index contributed by atoms with van der Waals surface area (Å²) in [7, 11) is 1.65. The average molecular weight is 502 g/mol. The molecule has 0 saturated carbocycles. The Morgan fingerprint density at radius 1 is 0.921 bits per heavy atom. The minimum atomic E-state index is -0.311. The maximum Gasteiger partial charge on any atom is 0.179 e. The molecular formula is C29H23N7O2. The van der Waals surface area contributed by atoms with Crippen LogP contribution in [0.5, 0.6) is 5.75 Å². The van der Waals surface area contributed by atoms with Gasteiger partial charge in [0, 0.05) is 11.9 Å². The number of para-hydroxylation sites is 2. The van der Waals surface area contributed by atoms with Gasteiger partial charge >= 0.3 is 0 Å². The van der Waals surface area contributed by atoms with Gasteiger partial charge < -0.3 is 19.4 Å². The van der Waals surface area contributed by atoms with E-state index in [1.165, 1.54) is 0 Å². The molecule has 2 aliphatic heterocycles. The van der Waals surface area contributed by atoms with E-state index in [-0.39, 0.29) is 6.04 Å². The Bertz CT molecular complexity index is 1690. The number of methoxy groups -OCH3 is 1. The summed E-state index contributed by atoms with van der Waals surface area (Å²) in [6.07, 6.45) is 3.44. The lowest BCUT2D eigenvalue weighted by molar-refractivity contribution is 0.415. The molecule has 2 aromatic carbocycles. The van der Waals surface area contributed by atoms with Crippen molar-refractivity contribution in [3.8, 4) is 11.6 Å². The van der Waals surface area contributed by atoms with Gasteiger partial charge in [-0.3, -0.25) is 0 Å². The van der Waals surface area contributed by atoms with Crippen LogP contribution >= 0.6 is 0 Å². The number of ether oxygens (including phenoxy) is 1. The van der Waals surface area contributed by atoms with Crippen molar-refractivity contribution in [1.82, 2.24) is 14.8 Å². The van der Waals surface area contributed by atoms with E-state index < -0.39 is 0 Å². The fourth-order valence-electron chi connectivity index (χ4n) is 4.96. The van der Waals surface area contributed by atoms with Crippen LogP contribution in [0.2, 0.25) is 0 Å². The smallest absolute Gasteiger partial charge is 0.179 e. The van der Waals surface area contributed by atoms with Crippen LogP contribution in [0.4, 0.5) is 22.9 Å². The number of rotatable bonds is 4. The Balaban J connectivity index is 1.46. The lowest BCUT2D eigenvalue weighted by atomic mass is 9.98. The molecule has 0 aliphatic carbocycles. The number of aromatic nitrogens is 3. The number of benzene rings is 2. The van der Waals surface area contributed by atoms with Crippen molar-refractivity contribution < 1.29 is 9.15 Å². The minimum absolute atomic E-state index is 0.311. The lowest BCUT2D eigenvalue weighted by Crippen LogP contribution is -2.46. The normalized spacial score (nSPS) is 15.6. The Morgan fingerprint density at radius 3 is 2.53 bits per heavy atom. The summed E-state index contributed by atoms with van der Waals surface area (Å²) in [5, 5.41) is 8.35. The van der Waals surface area contributed by atoms with Gasteiger partial charge in [0.1, 0.15) is 17.6 Å². The molecule has 0 unspecified atom stereocenters. The summed E-state index contributed by atoms with van der Waals surface area (Å²) in [6, 6.07) is 25.1. The minimum Gasteiger partial charge on any atom is -0.497 e. The standard InChI is InChI=1S/C29H23N7O2/c1-18-25-26(23-10-7-17-38-23)35-22-9-4-3-8-21(22)32-27(31-19-12-14-20(37-2)15-13-19)29(35)33-28(25)36(34-18)24-11-5-6-16-30-24/h3-17,26H,1-2H3,(H,31,32)/t26-/m1/s1. The van der Waals surface area contributed by atoms with Crippen LogP contribution in [0.15, 0.2) is 106 Å². The first-order valence-corrected chi connectivity index (χ1v) is 12.2. The molecule has 9 nitrogen and oxygen atoms in total. The van der Waals surface area contributed by atoms with E-state index >= 15 is 0 Å². The number of hydrogen-bond acceptors (Lipinski definition) is 8. The third kappa shape index (κ3) is 3.47. The number of aliphatic imine (C=N–C) groups is 2. The third-order valence-corrected chi connectivity index (χ3v) is 6.67. The molecule has 0 bridgehead atoms. The monoisotopic (exact) mass is 501 g/mol. The molecule has 1 N–H and O–H groups in total. The van der Waals surface area contributed by atoms with Crippen LogP contribution < -0.4 is 15.0 Å². The Labute approximate surface area is 218 Å². The number of aryl methyl sites for hydroxylation is 1. The van der Waals surface area contributed by atoms with Crippen molar-refractivity contribution in [2.75, 3.05) is 17.3 Å². The van der Waals surface area contributed by atoms with Gasteiger partial charge in [0.15, 0.2) is 23.3 Å². The molecular weight excluding hydrogens is 478 g/mol. The van der Waals surface area contributed by atoms with Crippen LogP contribution in [0, 0.1) is 6.92 Å². The van der Waals surface area contributed by atoms with Gasteiger partial charge in [-0.15, -0.1) is 0 Å². The van der Waals surface area contributed by atoms with Gasteiger partial charge in [-0.05, 0) is 67.6 Å². The third-order valence-electron chi connectivity index (χ3n) is 6.67. The highest BCUT2D eigenvalue weighted by Gasteiger charge is 2.42. The molecule has 0 amide bonds. The Hall–Kier alpha value is -5.18. The van der Waals surface area contributed by atoms with Crippen molar-refractivity contribution in [3.05, 3.63) is 108 Å². The second-order valence-electron chi connectivity index (χ2n) is 8.95. The fraction of sp³-hybridized carbons (Fsp3) is 0.103. The van der Waals surface area contributed by atoms with Crippen molar-refractivity contribution >= 4 is 34.6 Å². The van der Waals surface area contributed by atoms with Gasteiger partial charge in [-0.2, -0.15) is 9.78 Å². The molecule has 38 heavy (non-hydrogen) atoms. The zero-order valence-corrected chi connectivity index (χ0v) is 20.7. The van der Waals surface area contributed by atoms with Gasteiger partial charge in [0.05, 0.1) is 36.0 Å². The van der Waals surface area contributed by atoms with E-state index in [9.17, 15) is 0 Å². The maximum absolute atomic E-state index is 6.02. The second-order valence-corrected chi connectivity index (χ2v) is 8.95. The quantitative estimate of drug-likeness (QED) is 0.326. The van der Waals surface area contributed by atoms with E-state index in [1.807, 2.05) is 79.7 Å². The number of amidine groups is 2. The largest absolute Gasteiger partial charge is 0.497 e. The average Bonchev–Trinajstić information content (AvgIpc) is 3.61. The zero-order valence-electron chi connectivity index (χ0n) is 20.7. The molecule has 5 aromatic rings. The second kappa shape index (κ2) is 8.74. The molecule has 9 heteroatoms. The molecule has 5 heterocycles. The molecule has 0 fully saturated rings. The number of fused-ring (bicyclic) bond motifs is 4. The number of furan rings is 1. The molecule has 7 rings (SSSR count). The number of anilines is 2. The first-order valence-electron chi connectivity index (χ1n) is 12.2. The molecule has 3 aromatic heterocycles. The van der Waals surface area contributed by atoms with Gasteiger partial charge in [0.25, 0.3) is 0 Å². The summed E-state index contributed by atoms with van der Waals surface area (Å²) in [5.74, 6) is 4.21. The maximum atomic E-state index is 6.02. The highest BCUT2D eigenvalue weighted by atomic mass is 16.5. The summed E-state index contributed by atoms with van der Waals surface area (Å²) in [6.45, 7) is 2.00. The molecule has 2 aliphatic rings. The molecule has 0 spiro atoms. The molecule has 1 atom stereocenters. The van der Waals surface area contributed by atoms with Gasteiger partial charge in [0.2, 0.25) is 0 Å². The SMILES string of the molecule is COc1ccc(NC2=Nc3ccccc3N3C2=Nc2c(c(C)nn2-c2ccccn2)[C@H]3c2ccco2)cc1. The summed E-state index contributed by atoms with van der Waals surface area (Å²) >= 11 is 0. The first-order chi connectivity index (χ1) is 18.7. The topological polar surface area (TPSA) is 93.1 Å². The summed E-state index contributed by atoms with van der Waals surface area (Å²) in [5.41, 5.74) is 4.43.